The van der Waals surface area contributed by atoms with E-state index in [0.717, 1.165) is 27.3 Å². The maximum atomic E-state index is 4.30. The highest BCUT2D eigenvalue weighted by Crippen LogP contribution is 2.31. The molecule has 0 saturated heterocycles. The lowest BCUT2D eigenvalue weighted by Crippen LogP contribution is -2.31. The van der Waals surface area contributed by atoms with Crippen molar-refractivity contribution in [3.05, 3.63) is 72.3 Å². The van der Waals surface area contributed by atoms with Crippen molar-refractivity contribution >= 4 is 10.2 Å². The van der Waals surface area contributed by atoms with Crippen LogP contribution in [0.5, 0.6) is 0 Å². The van der Waals surface area contributed by atoms with Crippen LogP contribution in [-0.2, 0) is 5.04 Å². The molecule has 22 heavy (non-hydrogen) atoms. The summed E-state index contributed by atoms with van der Waals surface area (Å²) in [5.41, 5.74) is 2.84. The predicted molar refractivity (Wildman–Crippen MR) is 84.2 cm³/mol. The van der Waals surface area contributed by atoms with Crippen LogP contribution in [0.15, 0.2) is 55.2 Å². The molecule has 8 nitrogen and oxygen atoms in total. The molecular weight excluding hydrogens is 296 g/mol. The number of rotatable bonds is 3. The van der Waals surface area contributed by atoms with E-state index < -0.39 is 0 Å². The van der Waals surface area contributed by atoms with Gasteiger partial charge in [-0.05, 0) is 24.3 Å². The van der Waals surface area contributed by atoms with Crippen LogP contribution < -0.4 is 0 Å². The van der Waals surface area contributed by atoms with Gasteiger partial charge in [0.2, 0.25) is 0 Å². The SMILES string of the molecule is [SiH3]C(c1cc[nH]n1)(c1cc[nH]n1)c1cc[nH]n1.c1cn[nH]c1. The molecule has 0 aliphatic carbocycles. The average Bonchev–Trinajstić information content (AvgIpc) is 3.40. The minimum absolute atomic E-state index is 0.319. The van der Waals surface area contributed by atoms with E-state index in [1.54, 1.807) is 12.4 Å². The van der Waals surface area contributed by atoms with E-state index >= 15 is 0 Å². The quantitative estimate of drug-likeness (QED) is 0.396. The monoisotopic (exact) mass is 312 g/mol. The summed E-state index contributed by atoms with van der Waals surface area (Å²) in [7, 11) is 0.830. The molecule has 9 heteroatoms. The Bertz CT molecular complexity index is 642. The summed E-state index contributed by atoms with van der Waals surface area (Å²) in [5.74, 6) is 0. The Kier molecular flexibility index (Phi) is 3.96. The van der Waals surface area contributed by atoms with Crippen molar-refractivity contribution in [2.45, 2.75) is 5.04 Å². The number of aromatic amines is 4. The average molecular weight is 312 g/mol. The maximum absolute atomic E-state index is 4.30. The molecule has 4 aromatic heterocycles. The van der Waals surface area contributed by atoms with Crippen LogP contribution >= 0.6 is 0 Å². The molecule has 0 saturated carbocycles. The van der Waals surface area contributed by atoms with E-state index in [-0.39, 0.29) is 5.04 Å². The van der Waals surface area contributed by atoms with E-state index in [1.165, 1.54) is 0 Å². The summed E-state index contributed by atoms with van der Waals surface area (Å²) in [6.45, 7) is 0. The van der Waals surface area contributed by atoms with Gasteiger partial charge in [0.1, 0.15) is 0 Å². The van der Waals surface area contributed by atoms with Crippen LogP contribution in [0.4, 0.5) is 0 Å². The third kappa shape index (κ3) is 2.61. The van der Waals surface area contributed by atoms with Gasteiger partial charge in [0.05, 0.1) is 22.1 Å². The van der Waals surface area contributed by atoms with Crippen molar-refractivity contribution in [2.24, 2.45) is 0 Å². The van der Waals surface area contributed by atoms with Gasteiger partial charge >= 0.3 is 0 Å². The van der Waals surface area contributed by atoms with Gasteiger partial charge in [0.15, 0.2) is 0 Å². The Balaban J connectivity index is 0.000000246. The molecule has 0 spiro atoms. The molecule has 0 unspecified atom stereocenters. The minimum atomic E-state index is -0.319. The molecule has 4 aromatic rings. The van der Waals surface area contributed by atoms with Crippen molar-refractivity contribution in [1.82, 2.24) is 40.8 Å². The zero-order valence-electron chi connectivity index (χ0n) is 12.0. The highest BCUT2D eigenvalue weighted by Gasteiger charge is 2.36. The second-order valence-electron chi connectivity index (χ2n) is 4.77. The fourth-order valence-electron chi connectivity index (χ4n) is 2.23. The normalized spacial score (nSPS) is 11.1. The summed E-state index contributed by atoms with van der Waals surface area (Å²) in [6.07, 6.45) is 8.92. The molecular formula is C13H16N8Si. The Morgan fingerprint density at radius 3 is 1.45 bits per heavy atom. The second-order valence-corrected chi connectivity index (χ2v) is 6.27. The molecule has 0 fully saturated rings. The van der Waals surface area contributed by atoms with Crippen LogP contribution in [0.3, 0.4) is 0 Å². The van der Waals surface area contributed by atoms with E-state index in [2.05, 4.69) is 40.8 Å². The zero-order valence-corrected chi connectivity index (χ0v) is 14.0. The van der Waals surface area contributed by atoms with Crippen LogP contribution in [0, 0.1) is 0 Å². The summed E-state index contributed by atoms with van der Waals surface area (Å²) in [5, 5.41) is 27.4. The molecule has 0 amide bonds. The van der Waals surface area contributed by atoms with Crippen LogP contribution in [0.25, 0.3) is 0 Å². The largest absolute Gasteiger partial charge is 0.286 e. The van der Waals surface area contributed by atoms with Gasteiger partial charge in [-0.25, -0.2) is 0 Å². The maximum Gasteiger partial charge on any atom is 0.0839 e. The van der Waals surface area contributed by atoms with Gasteiger partial charge in [0.25, 0.3) is 0 Å². The van der Waals surface area contributed by atoms with Crippen LogP contribution in [0.1, 0.15) is 17.1 Å². The number of nitrogens with zero attached hydrogens (tertiary/aromatic N) is 4. The van der Waals surface area contributed by atoms with Crippen molar-refractivity contribution in [3.63, 3.8) is 0 Å². The summed E-state index contributed by atoms with van der Waals surface area (Å²) in [4.78, 5) is 0. The predicted octanol–water partition coefficient (Wildman–Crippen LogP) is -0.0771. The van der Waals surface area contributed by atoms with Crippen molar-refractivity contribution in [1.29, 1.82) is 0 Å². The van der Waals surface area contributed by atoms with E-state index in [9.17, 15) is 0 Å². The smallest absolute Gasteiger partial charge is 0.0839 e. The third-order valence-corrected chi connectivity index (χ3v) is 4.98. The highest BCUT2D eigenvalue weighted by atomic mass is 28.1. The Morgan fingerprint density at radius 2 is 1.23 bits per heavy atom. The molecule has 0 bridgehead atoms. The Hall–Kier alpha value is -2.94. The Labute approximate surface area is 129 Å². The van der Waals surface area contributed by atoms with E-state index in [0.29, 0.717) is 0 Å². The standard InChI is InChI=1S/C10H12N6Si.C3H4N2/c17-10(7-1-4-11-14-7,8-2-5-12-15-8)9-3-6-13-16-9;1-2-4-5-3-1/h1-6H,17H3,(H,11,14)(H,12,15)(H,13,16);1-3H,(H,4,5). The summed E-state index contributed by atoms with van der Waals surface area (Å²) >= 11 is 0. The Morgan fingerprint density at radius 1 is 0.727 bits per heavy atom. The number of aromatic nitrogens is 8. The molecule has 112 valence electrons. The fourth-order valence-corrected chi connectivity index (χ4v) is 3.06. The molecule has 0 aliphatic heterocycles. The van der Waals surface area contributed by atoms with Gasteiger partial charge in [-0.15, -0.1) is 0 Å². The van der Waals surface area contributed by atoms with Crippen molar-refractivity contribution in [3.8, 4) is 0 Å². The molecule has 0 atom stereocenters. The second kappa shape index (κ2) is 6.22. The molecule has 0 radical (unpaired) electrons. The number of nitrogens with one attached hydrogen (secondary N) is 4. The van der Waals surface area contributed by atoms with Crippen molar-refractivity contribution < 1.29 is 0 Å². The lowest BCUT2D eigenvalue weighted by molar-refractivity contribution is 0.744. The zero-order chi connectivity index (χ0) is 15.3. The van der Waals surface area contributed by atoms with Gasteiger partial charge in [-0.3, -0.25) is 20.4 Å². The van der Waals surface area contributed by atoms with Gasteiger partial charge in [-0.2, -0.15) is 20.4 Å². The lowest BCUT2D eigenvalue weighted by Gasteiger charge is -2.23. The van der Waals surface area contributed by atoms with Gasteiger partial charge in [0, 0.05) is 41.2 Å². The first kappa shape index (κ1) is 14.0. The first-order valence-electron chi connectivity index (χ1n) is 6.76. The minimum Gasteiger partial charge on any atom is -0.286 e. The number of hydrogen-bond acceptors (Lipinski definition) is 4. The molecule has 4 rings (SSSR count). The summed E-state index contributed by atoms with van der Waals surface area (Å²) < 4.78 is 0. The molecule has 0 aliphatic rings. The van der Waals surface area contributed by atoms with Crippen molar-refractivity contribution in [2.75, 3.05) is 0 Å². The van der Waals surface area contributed by atoms with Crippen LogP contribution in [-0.4, -0.2) is 51.0 Å². The lowest BCUT2D eigenvalue weighted by atomic mass is 9.96. The van der Waals surface area contributed by atoms with Gasteiger partial charge < -0.3 is 0 Å². The first-order valence-corrected chi connectivity index (χ1v) is 7.76. The van der Waals surface area contributed by atoms with Gasteiger partial charge in [-0.1, -0.05) is 0 Å². The van der Waals surface area contributed by atoms with Crippen LogP contribution in [0.2, 0.25) is 0 Å². The fraction of sp³-hybridized carbons (Fsp3) is 0.0769. The highest BCUT2D eigenvalue weighted by molar-refractivity contribution is 6.19. The number of H-pyrrole nitrogens is 4. The van der Waals surface area contributed by atoms with E-state index in [1.807, 2.05) is 42.9 Å². The molecule has 4 heterocycles. The molecule has 0 aromatic carbocycles. The summed E-state index contributed by atoms with van der Waals surface area (Å²) in [6, 6.07) is 7.74. The first-order chi connectivity index (χ1) is 10.8. The van der Waals surface area contributed by atoms with E-state index in [4.69, 9.17) is 0 Å². The molecule has 4 N–H and O–H groups in total. The number of hydrogen-bond donors (Lipinski definition) is 4. The third-order valence-electron chi connectivity index (χ3n) is 3.44. The topological polar surface area (TPSA) is 115 Å².